The van der Waals surface area contributed by atoms with Gasteiger partial charge in [-0.15, -0.1) is 0 Å². The van der Waals surface area contributed by atoms with Crippen LogP contribution in [0.4, 0.5) is 0 Å². The van der Waals surface area contributed by atoms with Gasteiger partial charge in [-0.05, 0) is 30.6 Å². The fraction of sp³-hybridized carbons (Fsp3) is 0.545. The van der Waals surface area contributed by atoms with Gasteiger partial charge in [0.1, 0.15) is 0 Å². The first-order valence-electron chi connectivity index (χ1n) is 9.94. The molecule has 0 bridgehead atoms. The third kappa shape index (κ3) is 8.07. The average molecular weight is 406 g/mol. The normalized spacial score (nSPS) is 18.4. The summed E-state index contributed by atoms with van der Waals surface area (Å²) >= 11 is 1.75. The number of carbonyl (C=O) groups excluding carboxylic acids is 2. The zero-order chi connectivity index (χ0) is 20.2. The molecule has 1 fully saturated rings. The standard InChI is InChI=1S/C22H31NO4S/c1-27-22(26)11-6-15-28-16-14-23-19(9-5-10-21(23)25)12-13-20(24)17-18-7-3-2-4-8-18/h2-4,7-8,12-13,19-20,24H,5-6,9-11,14-17H2,1H3/t19-,20?/m1/s1. The summed E-state index contributed by atoms with van der Waals surface area (Å²) in [6.07, 6.45) is 7.52. The highest BCUT2D eigenvalue weighted by Crippen LogP contribution is 2.20. The lowest BCUT2D eigenvalue weighted by Crippen LogP contribution is -2.43. The molecule has 5 nitrogen and oxygen atoms in total. The molecule has 1 aliphatic rings. The van der Waals surface area contributed by atoms with Crippen LogP contribution in [-0.4, -0.2) is 59.2 Å². The zero-order valence-corrected chi connectivity index (χ0v) is 17.4. The molecule has 6 heteroatoms. The lowest BCUT2D eigenvalue weighted by atomic mass is 10.00. The van der Waals surface area contributed by atoms with Crippen LogP contribution in [0, 0.1) is 0 Å². The summed E-state index contributed by atoms with van der Waals surface area (Å²) in [6, 6.07) is 9.97. The molecule has 1 amide bonds. The Labute approximate surface area is 172 Å². The van der Waals surface area contributed by atoms with E-state index in [1.165, 1.54) is 7.11 Å². The van der Waals surface area contributed by atoms with Crippen molar-refractivity contribution in [3.8, 4) is 0 Å². The number of amides is 1. The van der Waals surface area contributed by atoms with E-state index >= 15 is 0 Å². The van der Waals surface area contributed by atoms with Gasteiger partial charge in [-0.25, -0.2) is 0 Å². The first-order valence-corrected chi connectivity index (χ1v) is 11.1. The minimum absolute atomic E-state index is 0.0577. The van der Waals surface area contributed by atoms with E-state index in [0.29, 0.717) is 25.8 Å². The maximum atomic E-state index is 12.3. The Kier molecular flexibility index (Phi) is 10.1. The van der Waals surface area contributed by atoms with Crippen LogP contribution in [0.5, 0.6) is 0 Å². The number of hydrogen-bond acceptors (Lipinski definition) is 5. The number of methoxy groups -OCH3 is 1. The molecule has 1 saturated heterocycles. The second-order valence-corrected chi connectivity index (χ2v) is 8.21. The van der Waals surface area contributed by atoms with Gasteiger partial charge in [0.05, 0.1) is 19.3 Å². The molecular weight excluding hydrogens is 374 g/mol. The Hall–Kier alpha value is -1.79. The number of hydrogen-bond donors (Lipinski definition) is 1. The molecule has 28 heavy (non-hydrogen) atoms. The molecular formula is C22H31NO4S. The number of rotatable bonds is 11. The fourth-order valence-corrected chi connectivity index (χ4v) is 4.18. The van der Waals surface area contributed by atoms with E-state index in [2.05, 4.69) is 4.74 Å². The Morgan fingerprint density at radius 1 is 1.36 bits per heavy atom. The van der Waals surface area contributed by atoms with Crippen LogP contribution >= 0.6 is 11.8 Å². The van der Waals surface area contributed by atoms with Gasteiger partial charge in [0.2, 0.25) is 5.91 Å². The SMILES string of the molecule is COC(=O)CCCSCCN1C(=O)CCC[C@@H]1C=CC(O)Cc1ccccc1. The van der Waals surface area contributed by atoms with Gasteiger partial charge in [-0.1, -0.05) is 42.5 Å². The summed E-state index contributed by atoms with van der Waals surface area (Å²) in [4.78, 5) is 25.4. The molecule has 1 aromatic carbocycles. The molecule has 0 aliphatic carbocycles. The molecule has 154 valence electrons. The number of carbonyl (C=O) groups is 2. The van der Waals surface area contributed by atoms with Crippen LogP contribution in [0.25, 0.3) is 0 Å². The number of esters is 1. The van der Waals surface area contributed by atoms with Gasteiger partial charge in [0.25, 0.3) is 0 Å². The molecule has 0 saturated carbocycles. The third-order valence-corrected chi connectivity index (χ3v) is 5.88. The third-order valence-electron chi connectivity index (χ3n) is 4.83. The molecule has 1 N–H and O–H groups in total. The van der Waals surface area contributed by atoms with Crippen molar-refractivity contribution >= 4 is 23.6 Å². The molecule has 2 rings (SSSR count). The van der Waals surface area contributed by atoms with Crippen molar-refractivity contribution in [2.45, 2.75) is 50.7 Å². The summed E-state index contributed by atoms with van der Waals surface area (Å²) < 4.78 is 4.63. The fourth-order valence-electron chi connectivity index (χ4n) is 3.30. The van der Waals surface area contributed by atoms with Crippen molar-refractivity contribution in [3.05, 3.63) is 48.0 Å². The molecule has 1 heterocycles. The van der Waals surface area contributed by atoms with E-state index in [9.17, 15) is 14.7 Å². The monoisotopic (exact) mass is 405 g/mol. The van der Waals surface area contributed by atoms with E-state index in [0.717, 1.165) is 36.3 Å². The van der Waals surface area contributed by atoms with Gasteiger partial charge in [0, 0.05) is 31.6 Å². The van der Waals surface area contributed by atoms with Crippen molar-refractivity contribution < 1.29 is 19.4 Å². The van der Waals surface area contributed by atoms with Gasteiger partial charge < -0.3 is 14.7 Å². The van der Waals surface area contributed by atoms with Crippen molar-refractivity contribution in [2.24, 2.45) is 0 Å². The van der Waals surface area contributed by atoms with Gasteiger partial charge in [-0.2, -0.15) is 11.8 Å². The van der Waals surface area contributed by atoms with Crippen molar-refractivity contribution in [1.29, 1.82) is 0 Å². The number of benzene rings is 1. The van der Waals surface area contributed by atoms with Gasteiger partial charge >= 0.3 is 5.97 Å². The molecule has 0 radical (unpaired) electrons. The van der Waals surface area contributed by atoms with Crippen LogP contribution in [0.15, 0.2) is 42.5 Å². The number of thioether (sulfide) groups is 1. The highest BCUT2D eigenvalue weighted by Gasteiger charge is 2.25. The van der Waals surface area contributed by atoms with Crippen LogP contribution in [0.3, 0.4) is 0 Å². The number of likely N-dealkylation sites (tertiary alicyclic amines) is 1. The van der Waals surface area contributed by atoms with Crippen LogP contribution in [0.2, 0.25) is 0 Å². The largest absolute Gasteiger partial charge is 0.469 e. The number of ether oxygens (including phenoxy) is 1. The summed E-state index contributed by atoms with van der Waals surface area (Å²) in [5.74, 6) is 1.75. The van der Waals surface area contributed by atoms with Crippen LogP contribution in [0.1, 0.15) is 37.7 Å². The zero-order valence-electron chi connectivity index (χ0n) is 16.6. The lowest BCUT2D eigenvalue weighted by Gasteiger charge is -2.34. The highest BCUT2D eigenvalue weighted by molar-refractivity contribution is 7.99. The molecule has 0 aromatic heterocycles. The summed E-state index contributed by atoms with van der Waals surface area (Å²) in [5, 5.41) is 10.3. The Morgan fingerprint density at radius 3 is 2.89 bits per heavy atom. The summed E-state index contributed by atoms with van der Waals surface area (Å²) in [7, 11) is 1.40. The number of nitrogens with zero attached hydrogens (tertiary/aromatic N) is 1. The Morgan fingerprint density at radius 2 is 2.14 bits per heavy atom. The van der Waals surface area contributed by atoms with Crippen molar-refractivity contribution in [3.63, 3.8) is 0 Å². The Bertz CT molecular complexity index is 635. The maximum absolute atomic E-state index is 12.3. The molecule has 2 atom stereocenters. The number of piperidine rings is 1. The predicted molar refractivity (Wildman–Crippen MR) is 113 cm³/mol. The summed E-state index contributed by atoms with van der Waals surface area (Å²) in [5.41, 5.74) is 1.10. The molecule has 0 spiro atoms. The van der Waals surface area contributed by atoms with E-state index in [1.807, 2.05) is 47.4 Å². The first-order chi connectivity index (χ1) is 13.6. The molecule has 1 aliphatic heterocycles. The highest BCUT2D eigenvalue weighted by atomic mass is 32.2. The predicted octanol–water partition coefficient (Wildman–Crippen LogP) is 3.21. The van der Waals surface area contributed by atoms with E-state index in [4.69, 9.17) is 0 Å². The second-order valence-electron chi connectivity index (χ2n) is 6.98. The quantitative estimate of drug-likeness (QED) is 0.348. The maximum Gasteiger partial charge on any atom is 0.305 e. The van der Waals surface area contributed by atoms with Gasteiger partial charge in [0.15, 0.2) is 0 Å². The first kappa shape index (κ1) is 22.5. The van der Waals surface area contributed by atoms with E-state index in [-0.39, 0.29) is 17.9 Å². The average Bonchev–Trinajstić information content (AvgIpc) is 2.70. The van der Waals surface area contributed by atoms with Gasteiger partial charge in [-0.3, -0.25) is 9.59 Å². The van der Waals surface area contributed by atoms with E-state index in [1.54, 1.807) is 11.8 Å². The van der Waals surface area contributed by atoms with E-state index < -0.39 is 6.10 Å². The molecule has 1 aromatic rings. The minimum Gasteiger partial charge on any atom is -0.469 e. The number of aliphatic hydroxyl groups excluding tert-OH is 1. The Balaban J connectivity index is 1.77. The van der Waals surface area contributed by atoms with Crippen LogP contribution < -0.4 is 0 Å². The topological polar surface area (TPSA) is 66.8 Å². The summed E-state index contributed by atoms with van der Waals surface area (Å²) in [6.45, 7) is 0.700. The lowest BCUT2D eigenvalue weighted by molar-refractivity contribution is -0.140. The smallest absolute Gasteiger partial charge is 0.305 e. The van der Waals surface area contributed by atoms with Crippen LogP contribution in [-0.2, 0) is 20.7 Å². The van der Waals surface area contributed by atoms with Crippen molar-refractivity contribution in [2.75, 3.05) is 25.2 Å². The second kappa shape index (κ2) is 12.6. The number of aliphatic hydroxyl groups is 1. The van der Waals surface area contributed by atoms with Crippen molar-refractivity contribution in [1.82, 2.24) is 4.90 Å². The minimum atomic E-state index is -0.547. The molecule has 1 unspecified atom stereocenters.